The summed E-state index contributed by atoms with van der Waals surface area (Å²) in [5.74, 6) is 0.768. The summed E-state index contributed by atoms with van der Waals surface area (Å²) in [6.07, 6.45) is 0. The van der Waals surface area contributed by atoms with E-state index in [2.05, 4.69) is 0 Å². The first-order chi connectivity index (χ1) is 14.5. The topological polar surface area (TPSA) is 71.1 Å². The van der Waals surface area contributed by atoms with Crippen molar-refractivity contribution < 1.29 is 28.5 Å². The highest BCUT2D eigenvalue weighted by atomic mass is 16.5. The number of aryl methyl sites for hydroxylation is 1. The highest BCUT2D eigenvalue weighted by Gasteiger charge is 2.19. The summed E-state index contributed by atoms with van der Waals surface area (Å²) in [5, 5.41) is 0. The molecular weight excluding hydrogens is 384 g/mol. The molecule has 6 nitrogen and oxygen atoms in total. The van der Waals surface area contributed by atoms with Gasteiger partial charge in [0.1, 0.15) is 5.75 Å². The van der Waals surface area contributed by atoms with Crippen LogP contribution in [0.2, 0.25) is 0 Å². The Bertz CT molecular complexity index is 1050. The van der Waals surface area contributed by atoms with Crippen molar-refractivity contribution >= 4 is 11.8 Å². The number of rotatable bonds is 7. The number of carbonyl (C=O) groups excluding carboxylic acids is 2. The van der Waals surface area contributed by atoms with E-state index >= 15 is 0 Å². The predicted molar refractivity (Wildman–Crippen MR) is 112 cm³/mol. The van der Waals surface area contributed by atoms with E-state index in [1.807, 2.05) is 18.2 Å². The summed E-state index contributed by atoms with van der Waals surface area (Å²) < 4.78 is 21.4. The molecule has 0 atom stereocenters. The van der Waals surface area contributed by atoms with Crippen molar-refractivity contribution in [2.24, 2.45) is 0 Å². The molecule has 30 heavy (non-hydrogen) atoms. The molecule has 0 saturated carbocycles. The number of methoxy groups -OCH3 is 3. The molecule has 0 fully saturated rings. The Morgan fingerprint density at radius 1 is 0.667 bits per heavy atom. The van der Waals surface area contributed by atoms with Crippen molar-refractivity contribution in [1.82, 2.24) is 0 Å². The van der Waals surface area contributed by atoms with Crippen LogP contribution >= 0.6 is 0 Å². The third-order valence-electron chi connectivity index (χ3n) is 4.58. The Hall–Kier alpha value is -3.80. The zero-order valence-corrected chi connectivity index (χ0v) is 17.2. The maximum atomic E-state index is 12.7. The molecule has 0 unspecified atom stereocenters. The van der Waals surface area contributed by atoms with Gasteiger partial charge in [-0.25, -0.2) is 4.79 Å². The Labute approximate surface area is 175 Å². The van der Waals surface area contributed by atoms with Crippen LogP contribution in [0, 0.1) is 6.92 Å². The minimum Gasteiger partial charge on any atom is -0.493 e. The number of carbonyl (C=O) groups is 2. The molecule has 6 heteroatoms. The van der Waals surface area contributed by atoms with Gasteiger partial charge in [0.25, 0.3) is 0 Å². The van der Waals surface area contributed by atoms with E-state index < -0.39 is 5.97 Å². The maximum Gasteiger partial charge on any atom is 0.343 e. The molecule has 0 aromatic heterocycles. The SMILES string of the molecule is COc1cc(C(=O)Oc2ccc(C(=O)c3ccccc3)cc2C)cc(OC)c1OC. The first-order valence-electron chi connectivity index (χ1n) is 9.21. The summed E-state index contributed by atoms with van der Waals surface area (Å²) in [6, 6.07) is 17.0. The Morgan fingerprint density at radius 2 is 1.30 bits per heavy atom. The lowest BCUT2D eigenvalue weighted by Crippen LogP contribution is -2.11. The minimum absolute atomic E-state index is 0.0961. The smallest absolute Gasteiger partial charge is 0.343 e. The quantitative estimate of drug-likeness (QED) is 0.328. The number of benzene rings is 3. The van der Waals surface area contributed by atoms with Crippen LogP contribution in [0.1, 0.15) is 31.8 Å². The average Bonchev–Trinajstić information content (AvgIpc) is 2.79. The third kappa shape index (κ3) is 4.27. The summed E-state index contributed by atoms with van der Waals surface area (Å²) in [6.45, 7) is 1.78. The Balaban J connectivity index is 1.85. The van der Waals surface area contributed by atoms with Crippen LogP contribution in [0.3, 0.4) is 0 Å². The lowest BCUT2D eigenvalue weighted by molar-refractivity contribution is 0.0732. The van der Waals surface area contributed by atoms with Crippen LogP contribution in [-0.2, 0) is 0 Å². The van der Waals surface area contributed by atoms with E-state index in [9.17, 15) is 9.59 Å². The molecule has 0 heterocycles. The van der Waals surface area contributed by atoms with Gasteiger partial charge < -0.3 is 18.9 Å². The first kappa shape index (κ1) is 20.9. The molecule has 154 valence electrons. The lowest BCUT2D eigenvalue weighted by atomic mass is 10.0. The summed E-state index contributed by atoms with van der Waals surface area (Å²) in [4.78, 5) is 25.3. The normalized spacial score (nSPS) is 10.3. The number of esters is 1. The van der Waals surface area contributed by atoms with Gasteiger partial charge in [0.05, 0.1) is 26.9 Å². The van der Waals surface area contributed by atoms with Crippen molar-refractivity contribution in [3.05, 3.63) is 82.9 Å². The summed E-state index contributed by atoms with van der Waals surface area (Å²) in [5.41, 5.74) is 2.02. The second kappa shape index (κ2) is 9.13. The van der Waals surface area contributed by atoms with Gasteiger partial charge in [0, 0.05) is 11.1 Å². The van der Waals surface area contributed by atoms with Crippen LogP contribution in [0.5, 0.6) is 23.0 Å². The summed E-state index contributed by atoms with van der Waals surface area (Å²) in [7, 11) is 4.43. The molecule has 0 aliphatic rings. The van der Waals surface area contributed by atoms with Gasteiger partial charge >= 0.3 is 5.97 Å². The minimum atomic E-state index is -0.584. The number of ketones is 1. The Morgan fingerprint density at radius 3 is 1.83 bits per heavy atom. The van der Waals surface area contributed by atoms with Gasteiger partial charge in [-0.3, -0.25) is 4.79 Å². The molecule has 3 rings (SSSR count). The second-order valence-corrected chi connectivity index (χ2v) is 6.48. The molecule has 0 bridgehead atoms. The molecule has 0 radical (unpaired) electrons. The van der Waals surface area contributed by atoms with Gasteiger partial charge in [0.15, 0.2) is 17.3 Å². The van der Waals surface area contributed by atoms with E-state index in [0.29, 0.717) is 39.7 Å². The molecule has 0 aliphatic heterocycles. The second-order valence-electron chi connectivity index (χ2n) is 6.48. The number of hydrogen-bond acceptors (Lipinski definition) is 6. The van der Waals surface area contributed by atoms with Crippen LogP contribution in [-0.4, -0.2) is 33.1 Å². The predicted octanol–water partition coefficient (Wildman–Crippen LogP) is 4.47. The molecular formula is C24H22O6. The fourth-order valence-electron chi connectivity index (χ4n) is 3.02. The third-order valence-corrected chi connectivity index (χ3v) is 4.58. The highest BCUT2D eigenvalue weighted by molar-refractivity contribution is 6.09. The van der Waals surface area contributed by atoms with Crippen molar-refractivity contribution in [2.75, 3.05) is 21.3 Å². The molecule has 0 aliphatic carbocycles. The fraction of sp³-hybridized carbons (Fsp3) is 0.167. The maximum absolute atomic E-state index is 12.7. The average molecular weight is 406 g/mol. The molecule has 0 amide bonds. The summed E-state index contributed by atoms with van der Waals surface area (Å²) >= 11 is 0. The van der Waals surface area contributed by atoms with E-state index in [0.717, 1.165) is 0 Å². The van der Waals surface area contributed by atoms with Gasteiger partial charge in [-0.1, -0.05) is 30.3 Å². The molecule has 0 N–H and O–H groups in total. The highest BCUT2D eigenvalue weighted by Crippen LogP contribution is 2.38. The zero-order valence-electron chi connectivity index (χ0n) is 17.2. The van der Waals surface area contributed by atoms with E-state index in [4.69, 9.17) is 18.9 Å². The number of hydrogen-bond donors (Lipinski definition) is 0. The number of ether oxygens (including phenoxy) is 4. The molecule has 3 aromatic carbocycles. The van der Waals surface area contributed by atoms with Crippen LogP contribution in [0.25, 0.3) is 0 Å². The Kier molecular flexibility index (Phi) is 6.37. The van der Waals surface area contributed by atoms with Gasteiger partial charge in [0.2, 0.25) is 5.75 Å². The first-order valence-corrected chi connectivity index (χ1v) is 9.21. The van der Waals surface area contributed by atoms with Crippen molar-refractivity contribution in [2.45, 2.75) is 6.92 Å². The zero-order chi connectivity index (χ0) is 21.7. The van der Waals surface area contributed by atoms with E-state index in [1.54, 1.807) is 37.3 Å². The molecule has 0 spiro atoms. The fourth-order valence-corrected chi connectivity index (χ4v) is 3.02. The van der Waals surface area contributed by atoms with Crippen molar-refractivity contribution in [3.63, 3.8) is 0 Å². The molecule has 0 saturated heterocycles. The van der Waals surface area contributed by atoms with Gasteiger partial charge in [-0.15, -0.1) is 0 Å². The van der Waals surface area contributed by atoms with E-state index in [-0.39, 0.29) is 11.3 Å². The standard InChI is InChI=1S/C24H22O6/c1-15-12-17(22(25)16-8-6-5-7-9-16)10-11-19(15)30-24(26)18-13-20(27-2)23(29-4)21(14-18)28-3/h5-14H,1-4H3. The van der Waals surface area contributed by atoms with Crippen LogP contribution in [0.4, 0.5) is 0 Å². The largest absolute Gasteiger partial charge is 0.493 e. The van der Waals surface area contributed by atoms with E-state index in [1.165, 1.54) is 33.5 Å². The molecule has 3 aromatic rings. The van der Waals surface area contributed by atoms with Gasteiger partial charge in [-0.05, 0) is 42.8 Å². The lowest BCUT2D eigenvalue weighted by Gasteiger charge is -2.14. The van der Waals surface area contributed by atoms with Crippen molar-refractivity contribution in [3.8, 4) is 23.0 Å². The monoisotopic (exact) mass is 406 g/mol. The van der Waals surface area contributed by atoms with Crippen LogP contribution < -0.4 is 18.9 Å². The van der Waals surface area contributed by atoms with Crippen LogP contribution in [0.15, 0.2) is 60.7 Å². The van der Waals surface area contributed by atoms with Gasteiger partial charge in [-0.2, -0.15) is 0 Å². The van der Waals surface area contributed by atoms with Crippen molar-refractivity contribution in [1.29, 1.82) is 0 Å².